The molecular weight excluding hydrogens is 857 g/mol. The number of ether oxygens (including phenoxy) is 2. The van der Waals surface area contributed by atoms with Gasteiger partial charge in [-0.3, -0.25) is 47.2 Å². The topological polar surface area (TPSA) is 433 Å². The molecule has 6 rings (SSSR count). The molecule has 316 valence electrons. The lowest BCUT2D eigenvalue weighted by Gasteiger charge is -2.23. The number of hydrogen-bond acceptors (Lipinski definition) is 20. The van der Waals surface area contributed by atoms with Gasteiger partial charge in [0, 0.05) is 0 Å². The van der Waals surface area contributed by atoms with Gasteiger partial charge >= 0.3 is 33.7 Å². The minimum Gasteiger partial charge on any atom is -0.387 e. The third-order valence-electron chi connectivity index (χ3n) is 8.46. The molecule has 11 atom stereocenters. The van der Waals surface area contributed by atoms with Crippen molar-refractivity contribution < 1.29 is 90.4 Å². The Morgan fingerprint density at radius 3 is 1.84 bits per heavy atom. The first-order valence-corrected chi connectivity index (χ1v) is 21.7. The van der Waals surface area contributed by atoms with Crippen LogP contribution in [0.2, 0.25) is 0 Å². The number of aliphatic hydroxyl groups is 4. The van der Waals surface area contributed by atoms with E-state index in [1.54, 1.807) is 0 Å². The average Bonchev–Trinajstić information content (AvgIpc) is 3.83. The van der Waals surface area contributed by atoms with Gasteiger partial charge in [0.25, 0.3) is 23.0 Å². The molecule has 0 saturated carbocycles. The molecule has 4 aromatic rings. The Morgan fingerprint density at radius 2 is 1.32 bits per heavy atom. The summed E-state index contributed by atoms with van der Waals surface area (Å²) in [6.45, 7) is -8.54. The molecule has 2 saturated heterocycles. The van der Waals surface area contributed by atoms with Crippen LogP contribution in [0.25, 0.3) is 22.3 Å². The Bertz CT molecular complexity index is 2390. The van der Waals surface area contributed by atoms with Crippen molar-refractivity contribution >= 4 is 68.4 Å². The molecule has 0 radical (unpaired) electrons. The van der Waals surface area contributed by atoms with Crippen molar-refractivity contribution in [1.82, 2.24) is 29.5 Å². The predicted molar refractivity (Wildman–Crippen MR) is 186 cm³/mol. The van der Waals surface area contributed by atoms with Crippen LogP contribution in [0.4, 0.5) is 11.9 Å². The van der Waals surface area contributed by atoms with Gasteiger partial charge in [-0.25, -0.2) is 18.3 Å². The maximum absolute atomic E-state index is 12.7. The van der Waals surface area contributed by atoms with Gasteiger partial charge in [0.1, 0.15) is 42.7 Å². The number of imidazole rings is 2. The zero-order valence-electron chi connectivity index (χ0n) is 28.9. The second-order valence-corrected chi connectivity index (χ2v) is 18.0. The van der Waals surface area contributed by atoms with Crippen molar-refractivity contribution in [2.24, 2.45) is 7.05 Å². The second-order valence-electron chi connectivity index (χ2n) is 12.5. The van der Waals surface area contributed by atoms with Gasteiger partial charge < -0.3 is 65.5 Å². The number of phosphoric ester groups is 2. The van der Waals surface area contributed by atoms with E-state index in [0.29, 0.717) is 0 Å². The molecule has 6 heterocycles. The average molecular weight is 895 g/mol. The quantitative estimate of drug-likeness (QED) is 0.0368. The van der Waals surface area contributed by atoms with Crippen LogP contribution < -0.4 is 31.7 Å². The molecule has 0 aromatic carbocycles. The van der Waals surface area contributed by atoms with Gasteiger partial charge in [0.2, 0.25) is 23.5 Å². The highest BCUT2D eigenvalue weighted by Crippen LogP contribution is 2.48. The summed E-state index contributed by atoms with van der Waals surface area (Å²) < 4.78 is 64.6. The molecule has 15 N–H and O–H groups in total. The smallest absolute Gasteiger partial charge is 0.387 e. The van der Waals surface area contributed by atoms with Crippen LogP contribution >= 0.6 is 22.4 Å². The van der Waals surface area contributed by atoms with Gasteiger partial charge in [0.15, 0.2) is 12.7 Å². The largest absolute Gasteiger partial charge is 0.472 e. The molecule has 3 unspecified atom stereocenters. The van der Waals surface area contributed by atoms with E-state index in [4.69, 9.17) is 43.6 Å². The molecule has 2 aliphatic rings. The summed E-state index contributed by atoms with van der Waals surface area (Å²) in [6.07, 6.45) is -11.8. The Morgan fingerprint density at radius 1 is 0.825 bits per heavy atom. The van der Waals surface area contributed by atoms with E-state index in [1.165, 1.54) is 28.8 Å². The Kier molecular flexibility index (Phi) is 12.5. The highest BCUT2D eigenvalue weighted by Gasteiger charge is 2.49. The number of hydrogen-bond donors (Lipinski definition) is 13. The van der Waals surface area contributed by atoms with E-state index < -0.39 is 115 Å². The van der Waals surface area contributed by atoms with E-state index in [2.05, 4.69) is 36.7 Å². The van der Waals surface area contributed by atoms with E-state index in [0.717, 1.165) is 4.57 Å². The van der Waals surface area contributed by atoms with Crippen LogP contribution in [-0.2, 0) is 60.1 Å². The molecule has 33 heteroatoms. The van der Waals surface area contributed by atoms with Crippen LogP contribution in [-0.4, -0.2) is 139 Å². The number of anilines is 2. The number of aryl methyl sites for hydroxylation is 1. The number of nitrogen functional groups attached to an aromatic ring is 2. The molecule has 57 heavy (non-hydrogen) atoms. The van der Waals surface area contributed by atoms with Gasteiger partial charge in [-0.2, -0.15) is 0 Å². The zero-order valence-corrected chi connectivity index (χ0v) is 32.4. The number of nitrogens with two attached hydrogens (primary N) is 2. The predicted octanol–water partition coefficient (Wildman–Crippen LogP) is -5.63. The van der Waals surface area contributed by atoms with Crippen molar-refractivity contribution in [3.8, 4) is 0 Å². The summed E-state index contributed by atoms with van der Waals surface area (Å²) in [4.78, 5) is 79.7. The Labute approximate surface area is 321 Å². The molecule has 0 bridgehead atoms. The van der Waals surface area contributed by atoms with Gasteiger partial charge in [-0.05, 0) is 11.8 Å². The number of aromatic nitrogens is 8. The lowest BCUT2D eigenvalue weighted by Crippen LogP contribution is -2.46. The number of rotatable bonds is 16. The fourth-order valence-electron chi connectivity index (χ4n) is 5.90. The monoisotopic (exact) mass is 894 g/mol. The maximum Gasteiger partial charge on any atom is 0.472 e. The van der Waals surface area contributed by atoms with Gasteiger partial charge in [-0.15, -0.1) is 0 Å². The number of fused-ring (bicyclic) bond motifs is 2. The van der Waals surface area contributed by atoms with Crippen LogP contribution in [0.1, 0.15) is 12.5 Å². The minimum atomic E-state index is -5.15. The summed E-state index contributed by atoms with van der Waals surface area (Å²) >= 11 is 4.42. The van der Waals surface area contributed by atoms with E-state index >= 15 is 0 Å². The van der Waals surface area contributed by atoms with E-state index in [9.17, 15) is 58.7 Å². The first-order valence-electron chi connectivity index (χ1n) is 16.1. The number of aromatic amines is 3. The first kappa shape index (κ1) is 43.4. The number of H-pyrrole nitrogens is 3. The fraction of sp³-hybridized carbons (Fsp3) is 0.583. The second kappa shape index (κ2) is 16.5. The Balaban J connectivity index is 1.02. The summed E-state index contributed by atoms with van der Waals surface area (Å²) in [7, 11) is -8.79. The van der Waals surface area contributed by atoms with Crippen LogP contribution in [0.15, 0.2) is 22.2 Å². The van der Waals surface area contributed by atoms with Crippen molar-refractivity contribution in [3.63, 3.8) is 0 Å². The van der Waals surface area contributed by atoms with E-state index in [1.807, 2.05) is 0 Å². The van der Waals surface area contributed by atoms with E-state index in [-0.39, 0.29) is 34.2 Å². The number of nitrogens with one attached hydrogen (secondary N) is 3. The summed E-state index contributed by atoms with van der Waals surface area (Å²) in [5, 5.41) is 42.5. The zero-order chi connectivity index (χ0) is 41.8. The minimum absolute atomic E-state index is 0.0199. The van der Waals surface area contributed by atoms with Gasteiger partial charge in [-0.1, -0.05) is 9.97 Å². The molecule has 0 spiro atoms. The molecule has 2 fully saturated rings. The van der Waals surface area contributed by atoms with Crippen LogP contribution in [0.5, 0.6) is 0 Å². The third-order valence-corrected chi connectivity index (χ3v) is 11.2. The lowest BCUT2D eigenvalue weighted by molar-refractivity contribution is -0.746. The number of phosphoric acid groups is 2. The molecule has 2 aliphatic heterocycles. The summed E-state index contributed by atoms with van der Waals surface area (Å²) in [5.41, 5.74) is 9.92. The molecule has 29 nitrogen and oxygen atoms in total. The fourth-order valence-corrected chi connectivity index (χ4v) is 8.30. The van der Waals surface area contributed by atoms with Crippen LogP contribution in [0, 0.1) is 0 Å². The van der Waals surface area contributed by atoms with Crippen molar-refractivity contribution in [2.45, 2.75) is 55.2 Å². The van der Waals surface area contributed by atoms with Crippen LogP contribution in [0.3, 0.4) is 0 Å². The van der Waals surface area contributed by atoms with Gasteiger partial charge in [0.05, 0.1) is 33.5 Å². The standard InChI is InChI=1S/C24H35N10O19P3S/c1-32-7-34(18-12(32)20(40)31-24(26)29-18)22-16(38)14(36)10(52-22)5-50-55(43,44)48-3-8(53-56(45,46)57)2-47-54(41,42)49-4-9-13(35)15(37)21(51-9)33-6-27-11-17(33)28-23(25)30-19(11)39/h6-10,13-16,21-22,35-38H,2-5H2,1H3,(H9-,25,26,28,29,30,31,39,40,41,42,43,44,45,46,57)/p+2/t8?,9-,10-,13-,14-,15-,16-,21-,22-/m1/s1. The molecular formula is C24H37N10O19P3S+2. The molecule has 4 aromatic heterocycles. The number of aliphatic hydroxyl groups excluding tert-OH is 4. The maximum atomic E-state index is 12.7. The highest BCUT2D eigenvalue weighted by atomic mass is 32.5. The molecule has 0 amide bonds. The highest BCUT2D eigenvalue weighted by molar-refractivity contribution is 8.06. The summed E-state index contributed by atoms with van der Waals surface area (Å²) in [5.74, 6) is -0.512. The van der Waals surface area contributed by atoms with Crippen molar-refractivity contribution in [3.05, 3.63) is 33.4 Å². The first-order chi connectivity index (χ1) is 26.5. The molecule has 0 aliphatic carbocycles. The summed E-state index contributed by atoms with van der Waals surface area (Å²) in [6, 6.07) is 0. The number of nitrogens with zero attached hydrogens (tertiary/aromatic N) is 5. The van der Waals surface area contributed by atoms with Crippen molar-refractivity contribution in [1.29, 1.82) is 0 Å². The lowest BCUT2D eigenvalue weighted by atomic mass is 10.1. The normalized spacial score (nSPS) is 28.2. The van der Waals surface area contributed by atoms with Crippen molar-refractivity contribution in [2.75, 3.05) is 37.9 Å². The third kappa shape index (κ3) is 9.66. The SMILES string of the molecule is Cn1c[n+]([C@@H]2O[C@H](COP(=O)(O)OCC(COP(=O)(O)OC[C@H]3O[C@@H]([n+]4c[nH]c5c(=O)[nH]c(N)nc54)[C@H](O)[C@@H]3O)OP(O)(O)=S)[C@@H](O)[C@H]2O)c2nc(N)[nH]c(=O)c21. The Hall–Kier alpha value is -3.19.